The molecule has 154 valence electrons. The first-order valence-electron chi connectivity index (χ1n) is 9.49. The molecule has 1 aliphatic rings. The number of thiophene rings is 1. The second kappa shape index (κ2) is 9.37. The number of halogens is 1. The molecule has 1 aliphatic carbocycles. The van der Waals surface area contributed by atoms with Gasteiger partial charge in [0.2, 0.25) is 0 Å². The first-order chi connectivity index (χ1) is 13.9. The molecule has 1 N–H and O–H groups in total. The number of hydrogen-bond acceptors (Lipinski definition) is 6. The lowest BCUT2D eigenvalue weighted by Gasteiger charge is -2.09. The van der Waals surface area contributed by atoms with Crippen molar-refractivity contribution >= 4 is 45.5 Å². The van der Waals surface area contributed by atoms with Gasteiger partial charge >= 0.3 is 5.97 Å². The van der Waals surface area contributed by atoms with E-state index in [1.54, 1.807) is 0 Å². The van der Waals surface area contributed by atoms with Crippen LogP contribution in [-0.2, 0) is 17.6 Å². The predicted molar refractivity (Wildman–Crippen MR) is 112 cm³/mol. The summed E-state index contributed by atoms with van der Waals surface area (Å²) in [5, 5.41) is 14.6. The molecule has 0 saturated carbocycles. The molecule has 0 bridgehead atoms. The van der Waals surface area contributed by atoms with Gasteiger partial charge in [-0.15, -0.1) is 11.3 Å². The number of nitro benzene ring substituents is 1. The SMILES string of the molecule is CCCOC(=O)c1c(NC(=O)c2ccc(Cl)cc2[N+](=O)[O-])sc2c1CCCCC2. The summed E-state index contributed by atoms with van der Waals surface area (Å²) in [7, 11) is 0. The number of aryl methyl sites for hydroxylation is 1. The molecule has 2 aromatic rings. The third kappa shape index (κ3) is 4.76. The van der Waals surface area contributed by atoms with Crippen LogP contribution in [-0.4, -0.2) is 23.4 Å². The fraction of sp³-hybridized carbons (Fsp3) is 0.400. The zero-order valence-electron chi connectivity index (χ0n) is 16.0. The van der Waals surface area contributed by atoms with Crippen LogP contribution in [0.25, 0.3) is 0 Å². The average molecular weight is 437 g/mol. The normalized spacial score (nSPS) is 13.3. The zero-order chi connectivity index (χ0) is 21.0. The lowest BCUT2D eigenvalue weighted by atomic mass is 10.1. The topological polar surface area (TPSA) is 98.5 Å². The summed E-state index contributed by atoms with van der Waals surface area (Å²) in [6, 6.07) is 3.86. The predicted octanol–water partition coefficient (Wildman–Crippen LogP) is 5.40. The van der Waals surface area contributed by atoms with Crippen molar-refractivity contribution in [2.45, 2.75) is 45.4 Å². The number of nitrogens with zero attached hydrogens (tertiary/aromatic N) is 1. The third-order valence-corrected chi connectivity index (χ3v) is 6.13. The molecule has 29 heavy (non-hydrogen) atoms. The van der Waals surface area contributed by atoms with Gasteiger partial charge in [-0.2, -0.15) is 0 Å². The van der Waals surface area contributed by atoms with E-state index in [4.69, 9.17) is 16.3 Å². The largest absolute Gasteiger partial charge is 0.462 e. The van der Waals surface area contributed by atoms with Crippen molar-refractivity contribution in [1.82, 2.24) is 0 Å². The minimum absolute atomic E-state index is 0.115. The number of ether oxygens (including phenoxy) is 1. The summed E-state index contributed by atoms with van der Waals surface area (Å²) in [6.45, 7) is 2.20. The van der Waals surface area contributed by atoms with Crippen LogP contribution in [0.5, 0.6) is 0 Å². The Morgan fingerprint density at radius 1 is 1.28 bits per heavy atom. The molecule has 0 aliphatic heterocycles. The van der Waals surface area contributed by atoms with Crippen molar-refractivity contribution < 1.29 is 19.2 Å². The second-order valence-electron chi connectivity index (χ2n) is 6.78. The van der Waals surface area contributed by atoms with Crippen LogP contribution in [0.2, 0.25) is 5.02 Å². The Kier molecular flexibility index (Phi) is 6.87. The minimum atomic E-state index is -0.658. The van der Waals surface area contributed by atoms with Gasteiger partial charge in [0.15, 0.2) is 0 Å². The van der Waals surface area contributed by atoms with Crippen LogP contribution in [0.4, 0.5) is 10.7 Å². The van der Waals surface area contributed by atoms with Crippen molar-refractivity contribution in [3.05, 3.63) is 54.9 Å². The summed E-state index contributed by atoms with van der Waals surface area (Å²) >= 11 is 7.18. The summed E-state index contributed by atoms with van der Waals surface area (Å²) in [5.74, 6) is -1.12. The van der Waals surface area contributed by atoms with E-state index >= 15 is 0 Å². The molecule has 0 unspecified atom stereocenters. The molecule has 1 aromatic heterocycles. The monoisotopic (exact) mass is 436 g/mol. The molecule has 9 heteroatoms. The maximum Gasteiger partial charge on any atom is 0.341 e. The summed E-state index contributed by atoms with van der Waals surface area (Å²) < 4.78 is 5.34. The number of carbonyl (C=O) groups excluding carboxylic acids is 2. The van der Waals surface area contributed by atoms with E-state index in [0.717, 1.165) is 48.6 Å². The zero-order valence-corrected chi connectivity index (χ0v) is 17.5. The number of carbonyl (C=O) groups is 2. The molecule has 7 nitrogen and oxygen atoms in total. The van der Waals surface area contributed by atoms with Gasteiger partial charge in [-0.3, -0.25) is 14.9 Å². The quantitative estimate of drug-likeness (QED) is 0.283. The summed E-state index contributed by atoms with van der Waals surface area (Å²) in [6.07, 6.45) is 5.35. The van der Waals surface area contributed by atoms with Gasteiger partial charge in [0.1, 0.15) is 10.6 Å². The Labute approximate surface area is 177 Å². The maximum atomic E-state index is 12.8. The molecule has 0 radical (unpaired) electrons. The third-order valence-electron chi connectivity index (χ3n) is 4.69. The molecule has 3 rings (SSSR count). The molecular formula is C20H21ClN2O5S. The van der Waals surface area contributed by atoms with Crippen molar-refractivity contribution in [2.24, 2.45) is 0 Å². The van der Waals surface area contributed by atoms with Crippen LogP contribution in [0, 0.1) is 10.1 Å². The smallest absolute Gasteiger partial charge is 0.341 e. The molecule has 1 aromatic carbocycles. The van der Waals surface area contributed by atoms with E-state index in [0.29, 0.717) is 23.6 Å². The van der Waals surface area contributed by atoms with E-state index in [9.17, 15) is 19.7 Å². The number of fused-ring (bicyclic) bond motifs is 1. The van der Waals surface area contributed by atoms with Gasteiger partial charge in [0.05, 0.1) is 17.1 Å². The number of nitrogens with one attached hydrogen (secondary N) is 1. The van der Waals surface area contributed by atoms with E-state index < -0.39 is 16.8 Å². The standard InChI is InChI=1S/C20H21ClN2O5S/c1-2-10-28-20(25)17-14-6-4-3-5-7-16(14)29-19(17)22-18(24)13-9-8-12(21)11-15(13)23(26)27/h8-9,11H,2-7,10H2,1H3,(H,22,24). The molecular weight excluding hydrogens is 416 g/mol. The van der Waals surface area contributed by atoms with Gasteiger partial charge in [0, 0.05) is 16.0 Å². The number of anilines is 1. The summed E-state index contributed by atoms with van der Waals surface area (Å²) in [4.78, 5) is 37.3. The van der Waals surface area contributed by atoms with E-state index in [1.165, 1.54) is 23.5 Å². The van der Waals surface area contributed by atoms with Crippen molar-refractivity contribution in [3.8, 4) is 0 Å². The first kappa shape index (κ1) is 21.3. The maximum absolute atomic E-state index is 12.8. The number of nitro groups is 1. The van der Waals surface area contributed by atoms with Gasteiger partial charge in [-0.05, 0) is 49.8 Å². The minimum Gasteiger partial charge on any atom is -0.462 e. The van der Waals surface area contributed by atoms with E-state index in [-0.39, 0.29) is 16.3 Å². The molecule has 1 amide bonds. The Bertz CT molecular complexity index is 957. The van der Waals surface area contributed by atoms with Crippen molar-refractivity contribution in [3.63, 3.8) is 0 Å². The van der Waals surface area contributed by atoms with Gasteiger partial charge in [0.25, 0.3) is 11.6 Å². The molecule has 0 atom stereocenters. The number of benzene rings is 1. The highest BCUT2D eigenvalue weighted by Crippen LogP contribution is 2.38. The highest BCUT2D eigenvalue weighted by molar-refractivity contribution is 7.17. The highest BCUT2D eigenvalue weighted by atomic mass is 35.5. The number of hydrogen-bond donors (Lipinski definition) is 1. The Morgan fingerprint density at radius 3 is 2.76 bits per heavy atom. The van der Waals surface area contributed by atoms with Gasteiger partial charge in [-0.1, -0.05) is 24.9 Å². The van der Waals surface area contributed by atoms with E-state index in [1.807, 2.05) is 6.92 Å². The van der Waals surface area contributed by atoms with Crippen molar-refractivity contribution in [2.75, 3.05) is 11.9 Å². The summed E-state index contributed by atoms with van der Waals surface area (Å²) in [5.41, 5.74) is 0.805. The van der Waals surface area contributed by atoms with Gasteiger partial charge < -0.3 is 10.1 Å². The van der Waals surface area contributed by atoms with Crippen LogP contribution in [0.3, 0.4) is 0 Å². The van der Waals surface area contributed by atoms with Crippen molar-refractivity contribution in [1.29, 1.82) is 0 Å². The fourth-order valence-electron chi connectivity index (χ4n) is 3.33. The Morgan fingerprint density at radius 2 is 2.03 bits per heavy atom. The van der Waals surface area contributed by atoms with Crippen LogP contribution in [0.1, 0.15) is 63.8 Å². The lowest BCUT2D eigenvalue weighted by Crippen LogP contribution is -2.16. The second-order valence-corrected chi connectivity index (χ2v) is 8.32. The highest BCUT2D eigenvalue weighted by Gasteiger charge is 2.28. The fourth-order valence-corrected chi connectivity index (χ4v) is 4.77. The Hall–Kier alpha value is -2.45. The molecule has 0 spiro atoms. The average Bonchev–Trinajstić information content (AvgIpc) is 2.86. The van der Waals surface area contributed by atoms with Crippen LogP contribution in [0.15, 0.2) is 18.2 Å². The van der Waals surface area contributed by atoms with E-state index in [2.05, 4.69) is 5.32 Å². The molecule has 0 saturated heterocycles. The van der Waals surface area contributed by atoms with Crippen LogP contribution < -0.4 is 5.32 Å². The first-order valence-corrected chi connectivity index (χ1v) is 10.7. The van der Waals surface area contributed by atoms with Gasteiger partial charge in [-0.25, -0.2) is 4.79 Å². The number of esters is 1. The molecule has 0 fully saturated rings. The number of rotatable bonds is 6. The Balaban J connectivity index is 1.97. The lowest BCUT2D eigenvalue weighted by molar-refractivity contribution is -0.385. The number of amides is 1. The van der Waals surface area contributed by atoms with Crippen LogP contribution >= 0.6 is 22.9 Å². The molecule has 1 heterocycles.